The monoisotopic (exact) mass is 438 g/mol. The van der Waals surface area contributed by atoms with Crippen LogP contribution in [0.5, 0.6) is 5.75 Å². The summed E-state index contributed by atoms with van der Waals surface area (Å²) in [7, 11) is 0. The lowest BCUT2D eigenvalue weighted by Gasteiger charge is -2.35. The summed E-state index contributed by atoms with van der Waals surface area (Å²) in [5.41, 5.74) is 1.73. The Morgan fingerprint density at radius 1 is 0.938 bits per heavy atom. The number of nitro benzene ring substituents is 1. The number of benzene rings is 2. The molecule has 9 heteroatoms. The van der Waals surface area contributed by atoms with Crippen molar-refractivity contribution in [1.29, 1.82) is 0 Å². The quantitative estimate of drug-likeness (QED) is 0.508. The molecule has 168 valence electrons. The van der Waals surface area contributed by atoms with Gasteiger partial charge in [0.15, 0.2) is 0 Å². The predicted molar refractivity (Wildman–Crippen MR) is 118 cm³/mol. The van der Waals surface area contributed by atoms with Gasteiger partial charge in [-0.15, -0.1) is 0 Å². The third kappa shape index (κ3) is 5.05. The number of anilines is 1. The molecule has 0 unspecified atom stereocenters. The molecule has 0 bridgehead atoms. The van der Waals surface area contributed by atoms with E-state index in [0.29, 0.717) is 51.6 Å². The van der Waals surface area contributed by atoms with Gasteiger partial charge >= 0.3 is 0 Å². The Morgan fingerprint density at radius 2 is 1.69 bits per heavy atom. The number of para-hydroxylation sites is 2. The molecule has 2 amide bonds. The van der Waals surface area contributed by atoms with Crippen LogP contribution in [0.3, 0.4) is 0 Å². The van der Waals surface area contributed by atoms with E-state index < -0.39 is 4.92 Å². The first-order chi connectivity index (χ1) is 15.5. The number of amides is 2. The third-order valence-electron chi connectivity index (χ3n) is 5.83. The Bertz CT molecular complexity index is 1000. The maximum absolute atomic E-state index is 12.7. The summed E-state index contributed by atoms with van der Waals surface area (Å²) in [6.07, 6.45) is 0.351. The minimum Gasteiger partial charge on any atom is -0.490 e. The summed E-state index contributed by atoms with van der Waals surface area (Å²) in [6.45, 7) is 4.10. The molecule has 2 aromatic carbocycles. The van der Waals surface area contributed by atoms with E-state index in [0.717, 1.165) is 11.3 Å². The zero-order chi connectivity index (χ0) is 22.5. The number of nitro groups is 1. The number of hydrogen-bond donors (Lipinski definition) is 0. The van der Waals surface area contributed by atoms with Crippen LogP contribution >= 0.6 is 0 Å². The van der Waals surface area contributed by atoms with Crippen molar-refractivity contribution in [3.05, 3.63) is 64.2 Å². The lowest BCUT2D eigenvalue weighted by molar-refractivity contribution is -0.384. The Labute approximate surface area is 186 Å². The number of hydrogen-bond acceptors (Lipinski definition) is 6. The molecular formula is C23H26N4O5. The molecule has 9 nitrogen and oxygen atoms in total. The maximum Gasteiger partial charge on any atom is 0.269 e. The van der Waals surface area contributed by atoms with Crippen molar-refractivity contribution < 1.29 is 19.2 Å². The standard InChI is InChI=1S/C23H26N4O5/c28-22(8-9-23(29)26-14-15-32-21-7-2-1-6-20(21)26)25-12-10-24(11-13-25)17-18-4-3-5-19(16-18)27(30)31/h1-7,16H,8-15,17H2. The zero-order valence-corrected chi connectivity index (χ0v) is 17.8. The van der Waals surface area contributed by atoms with Gasteiger partial charge in [-0.3, -0.25) is 24.6 Å². The van der Waals surface area contributed by atoms with E-state index in [4.69, 9.17) is 4.74 Å². The number of non-ortho nitro benzene ring substituents is 1. The number of carbonyl (C=O) groups excluding carboxylic acids is 2. The van der Waals surface area contributed by atoms with Gasteiger partial charge in [0, 0.05) is 57.7 Å². The summed E-state index contributed by atoms with van der Waals surface area (Å²) in [5, 5.41) is 10.9. The van der Waals surface area contributed by atoms with Crippen LogP contribution in [-0.2, 0) is 16.1 Å². The van der Waals surface area contributed by atoms with Crippen LogP contribution in [0.25, 0.3) is 0 Å². The highest BCUT2D eigenvalue weighted by atomic mass is 16.6. The highest BCUT2D eigenvalue weighted by molar-refractivity contribution is 5.97. The van der Waals surface area contributed by atoms with E-state index in [1.54, 1.807) is 21.9 Å². The number of nitrogens with zero attached hydrogens (tertiary/aromatic N) is 4. The summed E-state index contributed by atoms with van der Waals surface area (Å²) in [5.74, 6) is 0.603. The van der Waals surface area contributed by atoms with Gasteiger partial charge in [0.05, 0.1) is 17.2 Å². The van der Waals surface area contributed by atoms with Crippen molar-refractivity contribution in [3.63, 3.8) is 0 Å². The molecule has 0 spiro atoms. The molecule has 32 heavy (non-hydrogen) atoms. The highest BCUT2D eigenvalue weighted by Gasteiger charge is 2.26. The lowest BCUT2D eigenvalue weighted by atomic mass is 10.1. The molecule has 2 heterocycles. The van der Waals surface area contributed by atoms with Gasteiger partial charge in [-0.25, -0.2) is 0 Å². The van der Waals surface area contributed by atoms with Crippen LogP contribution in [0.4, 0.5) is 11.4 Å². The Balaban J connectivity index is 1.24. The Hall–Kier alpha value is -3.46. The molecule has 2 aromatic rings. The van der Waals surface area contributed by atoms with E-state index in [-0.39, 0.29) is 30.3 Å². The minimum absolute atomic E-state index is 0.0186. The molecule has 1 fully saturated rings. The summed E-state index contributed by atoms with van der Waals surface area (Å²) in [6, 6.07) is 14.1. The highest BCUT2D eigenvalue weighted by Crippen LogP contribution is 2.31. The topological polar surface area (TPSA) is 96.2 Å². The molecular weight excluding hydrogens is 412 g/mol. The number of fused-ring (bicyclic) bond motifs is 1. The van der Waals surface area contributed by atoms with Crippen LogP contribution in [0.1, 0.15) is 18.4 Å². The van der Waals surface area contributed by atoms with Gasteiger partial charge in [-0.05, 0) is 17.7 Å². The fourth-order valence-corrected chi connectivity index (χ4v) is 4.12. The van der Waals surface area contributed by atoms with Crippen LogP contribution in [0.2, 0.25) is 0 Å². The molecule has 1 saturated heterocycles. The van der Waals surface area contributed by atoms with Gasteiger partial charge in [0.2, 0.25) is 11.8 Å². The Kier molecular flexibility index (Phi) is 6.65. The zero-order valence-electron chi connectivity index (χ0n) is 17.8. The smallest absolute Gasteiger partial charge is 0.269 e. The molecule has 2 aliphatic heterocycles. The average molecular weight is 438 g/mol. The van der Waals surface area contributed by atoms with Crippen molar-refractivity contribution in [2.24, 2.45) is 0 Å². The molecule has 2 aliphatic rings. The van der Waals surface area contributed by atoms with Crippen molar-refractivity contribution >= 4 is 23.2 Å². The van der Waals surface area contributed by atoms with Crippen LogP contribution in [0, 0.1) is 10.1 Å². The van der Waals surface area contributed by atoms with Crippen molar-refractivity contribution in [3.8, 4) is 5.75 Å². The van der Waals surface area contributed by atoms with Crippen LogP contribution in [0.15, 0.2) is 48.5 Å². The second kappa shape index (κ2) is 9.78. The summed E-state index contributed by atoms with van der Waals surface area (Å²) in [4.78, 5) is 41.6. The number of piperazine rings is 1. The van der Waals surface area contributed by atoms with Crippen LogP contribution < -0.4 is 9.64 Å². The average Bonchev–Trinajstić information content (AvgIpc) is 2.82. The fourth-order valence-electron chi connectivity index (χ4n) is 4.12. The summed E-state index contributed by atoms with van der Waals surface area (Å²) < 4.78 is 5.59. The summed E-state index contributed by atoms with van der Waals surface area (Å²) >= 11 is 0. The first kappa shape index (κ1) is 21.8. The second-order valence-corrected chi connectivity index (χ2v) is 7.95. The number of rotatable bonds is 6. The van der Waals surface area contributed by atoms with E-state index >= 15 is 0 Å². The second-order valence-electron chi connectivity index (χ2n) is 7.95. The Morgan fingerprint density at radius 3 is 2.47 bits per heavy atom. The van der Waals surface area contributed by atoms with E-state index in [1.807, 2.05) is 30.3 Å². The van der Waals surface area contributed by atoms with E-state index in [2.05, 4.69) is 4.90 Å². The SMILES string of the molecule is O=C(CCC(=O)N1CCOc2ccccc21)N1CCN(Cc2cccc([N+](=O)[O-])c2)CC1. The van der Waals surface area contributed by atoms with Crippen LogP contribution in [-0.4, -0.2) is 65.9 Å². The van der Waals surface area contributed by atoms with E-state index in [1.165, 1.54) is 6.07 Å². The molecule has 4 rings (SSSR count). The van der Waals surface area contributed by atoms with Gasteiger partial charge in [-0.2, -0.15) is 0 Å². The first-order valence-electron chi connectivity index (χ1n) is 10.8. The molecule has 0 atom stereocenters. The van der Waals surface area contributed by atoms with E-state index in [9.17, 15) is 19.7 Å². The van der Waals surface area contributed by atoms with Crippen molar-refractivity contribution in [2.75, 3.05) is 44.2 Å². The van der Waals surface area contributed by atoms with Gasteiger partial charge in [0.25, 0.3) is 5.69 Å². The first-order valence-corrected chi connectivity index (χ1v) is 10.8. The van der Waals surface area contributed by atoms with Crippen molar-refractivity contribution in [2.45, 2.75) is 19.4 Å². The third-order valence-corrected chi connectivity index (χ3v) is 5.83. The number of carbonyl (C=O) groups is 2. The normalized spacial score (nSPS) is 16.2. The molecule has 0 radical (unpaired) electrons. The molecule has 0 aromatic heterocycles. The molecule has 0 aliphatic carbocycles. The molecule has 0 saturated carbocycles. The largest absolute Gasteiger partial charge is 0.490 e. The fraction of sp³-hybridized carbons (Fsp3) is 0.391. The van der Waals surface area contributed by atoms with Gasteiger partial charge < -0.3 is 14.5 Å². The maximum atomic E-state index is 12.7. The predicted octanol–water partition coefficient (Wildman–Crippen LogP) is 2.44. The molecule has 0 N–H and O–H groups in total. The van der Waals surface area contributed by atoms with Gasteiger partial charge in [-0.1, -0.05) is 24.3 Å². The van der Waals surface area contributed by atoms with Gasteiger partial charge in [0.1, 0.15) is 12.4 Å². The van der Waals surface area contributed by atoms with Crippen molar-refractivity contribution in [1.82, 2.24) is 9.80 Å². The minimum atomic E-state index is -0.392. The number of ether oxygens (including phenoxy) is 1. The lowest BCUT2D eigenvalue weighted by Crippen LogP contribution is -2.48.